The van der Waals surface area contributed by atoms with Crippen LogP contribution >= 0.6 is 0 Å². The summed E-state index contributed by atoms with van der Waals surface area (Å²) in [6, 6.07) is 4.88. The van der Waals surface area contributed by atoms with E-state index in [0.29, 0.717) is 30.9 Å². The maximum Gasteiger partial charge on any atom is 0.181 e. The first-order valence-corrected chi connectivity index (χ1v) is 11.0. The molecule has 2 fully saturated rings. The highest BCUT2D eigenvalue weighted by Crippen LogP contribution is 2.41. The topological polar surface area (TPSA) is 82.8 Å². The Morgan fingerprint density at radius 3 is 2.87 bits per heavy atom. The van der Waals surface area contributed by atoms with Crippen LogP contribution in [0.4, 0.5) is 0 Å². The Kier molecular flexibility index (Phi) is 4.86. The molecular weight excluding hydrogens is 376 g/mol. The van der Waals surface area contributed by atoms with Gasteiger partial charge in [0.05, 0.1) is 30.3 Å². The largest absolute Gasteiger partial charge is 0.480 e. The fourth-order valence-electron chi connectivity index (χ4n) is 5.11. The molecular formula is C23H28N6O. The minimum absolute atomic E-state index is 0.362. The van der Waals surface area contributed by atoms with Gasteiger partial charge in [-0.25, -0.2) is 9.97 Å². The Labute approximate surface area is 176 Å². The van der Waals surface area contributed by atoms with Gasteiger partial charge in [-0.05, 0) is 51.2 Å². The van der Waals surface area contributed by atoms with Gasteiger partial charge in [-0.15, -0.1) is 0 Å². The molecule has 0 radical (unpaired) electrons. The van der Waals surface area contributed by atoms with E-state index in [0.717, 1.165) is 67.0 Å². The highest BCUT2D eigenvalue weighted by Gasteiger charge is 2.36. The predicted molar refractivity (Wildman–Crippen MR) is 116 cm³/mol. The summed E-state index contributed by atoms with van der Waals surface area (Å²) in [5.74, 6) is 2.81. The lowest BCUT2D eigenvalue weighted by atomic mass is 9.84. The van der Waals surface area contributed by atoms with E-state index in [9.17, 15) is 0 Å². The van der Waals surface area contributed by atoms with Crippen LogP contribution < -0.4 is 0 Å². The molecule has 3 aromatic heterocycles. The predicted octanol–water partition coefficient (Wildman–Crippen LogP) is 4.46. The van der Waals surface area contributed by atoms with Gasteiger partial charge in [-0.3, -0.25) is 0 Å². The van der Waals surface area contributed by atoms with E-state index in [-0.39, 0.29) is 0 Å². The molecule has 0 unspecified atom stereocenters. The van der Waals surface area contributed by atoms with Crippen LogP contribution in [0.1, 0.15) is 56.8 Å². The second kappa shape index (κ2) is 7.67. The monoisotopic (exact) mass is 404 g/mol. The quantitative estimate of drug-likeness (QED) is 0.613. The maximum atomic E-state index is 9.07. The Morgan fingerprint density at radius 1 is 1.33 bits per heavy atom. The van der Waals surface area contributed by atoms with Crippen LogP contribution in [0.5, 0.6) is 0 Å². The lowest BCUT2D eigenvalue weighted by Crippen LogP contribution is -2.45. The Hall–Kier alpha value is -3.01. The molecule has 0 spiro atoms. The summed E-state index contributed by atoms with van der Waals surface area (Å²) in [6.45, 7) is 8.44. The third kappa shape index (κ3) is 3.11. The maximum absolute atomic E-state index is 9.07. The third-order valence-electron chi connectivity index (χ3n) is 6.73. The number of hydrogen-bond acceptors (Lipinski definition) is 5. The number of H-pyrrole nitrogens is 1. The van der Waals surface area contributed by atoms with Crippen molar-refractivity contribution in [2.24, 2.45) is 5.92 Å². The van der Waals surface area contributed by atoms with Gasteiger partial charge in [-0.2, -0.15) is 5.26 Å². The average Bonchev–Trinajstić information content (AvgIpc) is 3.32. The van der Waals surface area contributed by atoms with Crippen LogP contribution in [0, 0.1) is 17.2 Å². The van der Waals surface area contributed by atoms with Crippen LogP contribution in [-0.4, -0.2) is 44.1 Å². The number of nitrogens with zero attached hydrogens (tertiary/aromatic N) is 5. The van der Waals surface area contributed by atoms with Crippen LogP contribution in [0.25, 0.3) is 22.1 Å². The number of hydrogen-bond donors (Lipinski definition) is 1. The molecule has 2 aliphatic rings. The summed E-state index contributed by atoms with van der Waals surface area (Å²) >= 11 is 0. The Bertz CT molecular complexity index is 1110. The number of ether oxygens (including phenoxy) is 1. The second-order valence-corrected chi connectivity index (χ2v) is 8.54. The molecule has 5 rings (SSSR count). The molecule has 30 heavy (non-hydrogen) atoms. The van der Waals surface area contributed by atoms with Gasteiger partial charge in [-0.1, -0.05) is 0 Å². The zero-order chi connectivity index (χ0) is 20.7. The number of rotatable bonds is 6. The molecule has 1 aliphatic carbocycles. The van der Waals surface area contributed by atoms with Crippen molar-refractivity contribution in [3.63, 3.8) is 0 Å². The van der Waals surface area contributed by atoms with Gasteiger partial charge in [0, 0.05) is 37.1 Å². The first-order valence-electron chi connectivity index (χ1n) is 11.0. The number of nitrogens with one attached hydrogen (secondary N) is 1. The minimum atomic E-state index is 0.362. The molecule has 7 heteroatoms. The molecule has 1 aliphatic heterocycles. The molecule has 7 nitrogen and oxygen atoms in total. The van der Waals surface area contributed by atoms with Crippen molar-refractivity contribution in [1.29, 1.82) is 5.26 Å². The third-order valence-corrected chi connectivity index (χ3v) is 6.73. The Morgan fingerprint density at radius 2 is 2.13 bits per heavy atom. The molecule has 0 bridgehead atoms. The van der Waals surface area contributed by atoms with Crippen LogP contribution in [0.3, 0.4) is 0 Å². The number of aromatic nitrogens is 4. The highest BCUT2D eigenvalue weighted by molar-refractivity contribution is 6.01. The summed E-state index contributed by atoms with van der Waals surface area (Å²) < 4.78 is 8.08. The van der Waals surface area contributed by atoms with Crippen molar-refractivity contribution in [1.82, 2.24) is 24.4 Å². The average molecular weight is 405 g/mol. The molecule has 1 saturated heterocycles. The summed E-state index contributed by atoms with van der Waals surface area (Å²) in [5.41, 5.74) is 3.08. The fourth-order valence-corrected chi connectivity index (χ4v) is 5.11. The normalized spacial score (nSPS) is 22.2. The zero-order valence-electron chi connectivity index (χ0n) is 17.5. The van der Waals surface area contributed by atoms with Crippen LogP contribution in [-0.2, 0) is 4.74 Å². The van der Waals surface area contributed by atoms with E-state index >= 15 is 0 Å². The number of fused-ring (bicyclic) bond motifs is 3. The van der Waals surface area contributed by atoms with Crippen molar-refractivity contribution >= 4 is 22.1 Å². The lowest BCUT2D eigenvalue weighted by Gasteiger charge is -2.41. The number of imidazole rings is 1. The Balaban J connectivity index is 1.50. The standard InChI is InChI=1S/C23H28N6O/c1-3-30-15(2)28-13-17(14-28)23-27-20-12-26-22-19(9-11-25-22)21(20)29(23)18-6-4-16(5-7-18)8-10-24/h9,11-12,16-18H,2-8,13-14H2,1H3,(H,25,26). The van der Waals surface area contributed by atoms with Gasteiger partial charge in [0.15, 0.2) is 5.88 Å². The van der Waals surface area contributed by atoms with E-state index < -0.39 is 0 Å². The van der Waals surface area contributed by atoms with Crippen LogP contribution in [0.2, 0.25) is 0 Å². The molecule has 0 atom stereocenters. The number of aromatic amines is 1. The van der Waals surface area contributed by atoms with E-state index in [1.807, 2.05) is 19.3 Å². The second-order valence-electron chi connectivity index (χ2n) is 8.54. The molecule has 156 valence electrons. The van der Waals surface area contributed by atoms with E-state index in [2.05, 4.69) is 38.1 Å². The smallest absolute Gasteiger partial charge is 0.181 e. The van der Waals surface area contributed by atoms with E-state index in [4.69, 9.17) is 15.0 Å². The highest BCUT2D eigenvalue weighted by atomic mass is 16.5. The molecule has 4 heterocycles. The summed E-state index contributed by atoms with van der Waals surface area (Å²) in [6.07, 6.45) is 8.93. The lowest BCUT2D eigenvalue weighted by molar-refractivity contribution is 0.0657. The van der Waals surface area contributed by atoms with Crippen molar-refractivity contribution in [2.75, 3.05) is 19.7 Å². The molecule has 0 aromatic carbocycles. The van der Waals surface area contributed by atoms with Gasteiger partial charge in [0.25, 0.3) is 0 Å². The molecule has 1 N–H and O–H groups in total. The fraction of sp³-hybridized carbons (Fsp3) is 0.522. The molecule has 0 amide bonds. The van der Waals surface area contributed by atoms with E-state index in [1.165, 1.54) is 5.52 Å². The summed E-state index contributed by atoms with van der Waals surface area (Å²) in [5, 5.41) is 10.2. The van der Waals surface area contributed by atoms with Gasteiger partial charge >= 0.3 is 0 Å². The molecule has 1 saturated carbocycles. The van der Waals surface area contributed by atoms with Crippen LogP contribution in [0.15, 0.2) is 30.9 Å². The number of pyridine rings is 1. The SMILES string of the molecule is C=C(OCC)N1CC(c2nc3cnc4[nH]ccc4c3n2C2CCC(CC#N)CC2)C1. The first kappa shape index (κ1) is 19.0. The number of nitriles is 1. The summed E-state index contributed by atoms with van der Waals surface area (Å²) in [4.78, 5) is 15.1. The van der Waals surface area contributed by atoms with Crippen molar-refractivity contribution in [3.8, 4) is 6.07 Å². The van der Waals surface area contributed by atoms with E-state index in [1.54, 1.807) is 0 Å². The summed E-state index contributed by atoms with van der Waals surface area (Å²) in [7, 11) is 0. The minimum Gasteiger partial charge on any atom is -0.480 e. The van der Waals surface area contributed by atoms with Gasteiger partial charge in [0.1, 0.15) is 17.0 Å². The zero-order valence-corrected chi connectivity index (χ0v) is 17.5. The molecule has 3 aromatic rings. The van der Waals surface area contributed by atoms with Crippen molar-refractivity contribution < 1.29 is 4.74 Å². The number of likely N-dealkylation sites (tertiary alicyclic amines) is 1. The van der Waals surface area contributed by atoms with Crippen molar-refractivity contribution in [2.45, 2.75) is 51.0 Å². The van der Waals surface area contributed by atoms with Gasteiger partial charge in [0.2, 0.25) is 0 Å². The first-order chi connectivity index (χ1) is 14.7. The van der Waals surface area contributed by atoms with Gasteiger partial charge < -0.3 is 19.2 Å². The van der Waals surface area contributed by atoms with Crippen molar-refractivity contribution in [3.05, 3.63) is 36.7 Å².